The number of thiophene rings is 1. The summed E-state index contributed by atoms with van der Waals surface area (Å²) in [6.45, 7) is 1.89. The summed E-state index contributed by atoms with van der Waals surface area (Å²) in [6.07, 6.45) is 6.11. The quantitative estimate of drug-likeness (QED) is 0.744. The lowest BCUT2D eigenvalue weighted by Gasteiger charge is -2.22. The van der Waals surface area contributed by atoms with Crippen LogP contribution in [0.2, 0.25) is 0 Å². The van der Waals surface area contributed by atoms with Crippen LogP contribution in [0.25, 0.3) is 10.7 Å². The van der Waals surface area contributed by atoms with Crippen LogP contribution in [0.5, 0.6) is 0 Å². The molecule has 23 heavy (non-hydrogen) atoms. The average molecular weight is 331 g/mol. The molecule has 0 N–H and O–H groups in total. The number of aromatic nitrogens is 2. The van der Waals surface area contributed by atoms with Gasteiger partial charge >= 0.3 is 0 Å². The Labute approximate surface area is 139 Å². The topological polar surface area (TPSA) is 59.2 Å². The molecule has 0 aromatic carbocycles. The molecule has 0 radical (unpaired) electrons. The lowest BCUT2D eigenvalue weighted by molar-refractivity contribution is -0.131. The number of hydrogen-bond acceptors (Lipinski definition) is 5. The van der Waals surface area contributed by atoms with Gasteiger partial charge in [0.15, 0.2) is 0 Å². The number of nitrogens with zero attached hydrogens (tertiary/aromatic N) is 3. The van der Waals surface area contributed by atoms with Gasteiger partial charge in [-0.25, -0.2) is 0 Å². The van der Waals surface area contributed by atoms with Crippen LogP contribution in [0.4, 0.5) is 0 Å². The Morgan fingerprint density at radius 3 is 2.61 bits per heavy atom. The van der Waals surface area contributed by atoms with Crippen molar-refractivity contribution >= 4 is 17.2 Å². The number of aryl methyl sites for hydroxylation is 1. The van der Waals surface area contributed by atoms with E-state index in [0.717, 1.165) is 29.8 Å². The van der Waals surface area contributed by atoms with Gasteiger partial charge in [0.25, 0.3) is 0 Å². The first-order valence-corrected chi connectivity index (χ1v) is 9.30. The van der Waals surface area contributed by atoms with Crippen LogP contribution in [0.15, 0.2) is 22.0 Å². The molecule has 2 saturated carbocycles. The summed E-state index contributed by atoms with van der Waals surface area (Å²) in [5.74, 6) is 2.90. The summed E-state index contributed by atoms with van der Waals surface area (Å²) in [7, 11) is 0. The first kappa shape index (κ1) is 14.9. The molecule has 0 spiro atoms. The Morgan fingerprint density at radius 1 is 1.26 bits per heavy atom. The Bertz CT molecular complexity index is 645. The standard InChI is InChI=1S/C17H21N3O2S/c21-16(20(10-12-3-4-12)11-13-5-6-13)8-7-15-18-17(19-22-15)14-2-1-9-23-14/h1-2,9,12-13H,3-8,10-11H2. The van der Waals surface area contributed by atoms with E-state index in [2.05, 4.69) is 15.0 Å². The molecule has 4 rings (SSSR count). The van der Waals surface area contributed by atoms with Gasteiger partial charge in [0, 0.05) is 25.9 Å². The van der Waals surface area contributed by atoms with Crippen LogP contribution in [0.1, 0.15) is 38.0 Å². The van der Waals surface area contributed by atoms with E-state index < -0.39 is 0 Å². The monoisotopic (exact) mass is 331 g/mol. The molecule has 2 aromatic heterocycles. The van der Waals surface area contributed by atoms with Gasteiger partial charge in [-0.05, 0) is 49.0 Å². The summed E-state index contributed by atoms with van der Waals surface area (Å²) < 4.78 is 5.28. The Balaban J connectivity index is 1.32. The van der Waals surface area contributed by atoms with E-state index in [9.17, 15) is 4.79 Å². The molecule has 0 aliphatic heterocycles. The van der Waals surface area contributed by atoms with Gasteiger partial charge < -0.3 is 9.42 Å². The fourth-order valence-corrected chi connectivity index (χ4v) is 3.39. The molecule has 2 aliphatic carbocycles. The third-order valence-electron chi connectivity index (χ3n) is 4.47. The maximum atomic E-state index is 12.5. The van der Waals surface area contributed by atoms with Crippen LogP contribution in [-0.4, -0.2) is 34.0 Å². The van der Waals surface area contributed by atoms with E-state index in [4.69, 9.17) is 4.52 Å². The van der Waals surface area contributed by atoms with Crippen molar-refractivity contribution in [1.82, 2.24) is 15.0 Å². The van der Waals surface area contributed by atoms with Crippen LogP contribution in [0.3, 0.4) is 0 Å². The number of hydrogen-bond donors (Lipinski definition) is 0. The molecule has 0 unspecified atom stereocenters. The summed E-state index contributed by atoms with van der Waals surface area (Å²) in [5, 5.41) is 5.99. The highest BCUT2D eigenvalue weighted by Crippen LogP contribution is 2.34. The molecule has 2 aliphatic rings. The third-order valence-corrected chi connectivity index (χ3v) is 5.33. The molecule has 0 atom stereocenters. The average Bonchev–Trinajstić information content (AvgIpc) is 3.43. The molecule has 122 valence electrons. The van der Waals surface area contributed by atoms with E-state index in [1.807, 2.05) is 17.5 Å². The van der Waals surface area contributed by atoms with Crippen molar-refractivity contribution in [3.05, 3.63) is 23.4 Å². The second kappa shape index (κ2) is 6.43. The summed E-state index contributed by atoms with van der Waals surface area (Å²) in [6, 6.07) is 3.94. The normalized spacial score (nSPS) is 17.4. The third kappa shape index (κ3) is 3.99. The van der Waals surface area contributed by atoms with Crippen molar-refractivity contribution < 1.29 is 9.32 Å². The fourth-order valence-electron chi connectivity index (χ4n) is 2.74. The Kier molecular flexibility index (Phi) is 4.16. The predicted molar refractivity (Wildman–Crippen MR) is 88.0 cm³/mol. The van der Waals surface area contributed by atoms with Crippen LogP contribution in [-0.2, 0) is 11.2 Å². The van der Waals surface area contributed by atoms with Gasteiger partial charge in [-0.1, -0.05) is 11.2 Å². The highest BCUT2D eigenvalue weighted by Gasteiger charge is 2.31. The summed E-state index contributed by atoms with van der Waals surface area (Å²) in [5.41, 5.74) is 0. The van der Waals surface area contributed by atoms with E-state index in [1.165, 1.54) is 25.7 Å². The molecule has 1 amide bonds. The van der Waals surface area contributed by atoms with Gasteiger partial charge in [-0.3, -0.25) is 4.79 Å². The maximum Gasteiger partial charge on any atom is 0.227 e. The number of carbonyl (C=O) groups is 1. The van der Waals surface area contributed by atoms with Crippen molar-refractivity contribution in [1.29, 1.82) is 0 Å². The van der Waals surface area contributed by atoms with Crippen molar-refractivity contribution in [3.8, 4) is 10.7 Å². The van der Waals surface area contributed by atoms with Crippen LogP contribution >= 0.6 is 11.3 Å². The van der Waals surface area contributed by atoms with Crippen molar-refractivity contribution in [2.75, 3.05) is 13.1 Å². The second-order valence-electron chi connectivity index (χ2n) is 6.67. The minimum Gasteiger partial charge on any atom is -0.342 e. The van der Waals surface area contributed by atoms with Gasteiger partial charge in [-0.2, -0.15) is 4.98 Å². The van der Waals surface area contributed by atoms with Gasteiger partial charge in [0.2, 0.25) is 17.6 Å². The largest absolute Gasteiger partial charge is 0.342 e. The van der Waals surface area contributed by atoms with Crippen LogP contribution < -0.4 is 0 Å². The smallest absolute Gasteiger partial charge is 0.227 e. The van der Waals surface area contributed by atoms with Crippen LogP contribution in [0, 0.1) is 11.8 Å². The Hall–Kier alpha value is -1.69. The van der Waals surface area contributed by atoms with Crippen molar-refractivity contribution in [3.63, 3.8) is 0 Å². The molecular weight excluding hydrogens is 310 g/mol. The number of amides is 1. The lowest BCUT2D eigenvalue weighted by Crippen LogP contribution is -2.34. The van der Waals surface area contributed by atoms with E-state index >= 15 is 0 Å². The number of rotatable bonds is 8. The zero-order valence-electron chi connectivity index (χ0n) is 13.1. The molecule has 2 heterocycles. The second-order valence-corrected chi connectivity index (χ2v) is 7.62. The number of carbonyl (C=O) groups excluding carboxylic acids is 1. The predicted octanol–water partition coefficient (Wildman–Crippen LogP) is 3.38. The fraction of sp³-hybridized carbons (Fsp3) is 0.588. The molecule has 0 bridgehead atoms. The molecule has 5 nitrogen and oxygen atoms in total. The molecular formula is C17H21N3O2S. The SMILES string of the molecule is O=C(CCc1nc(-c2cccs2)no1)N(CC1CC1)CC1CC1. The molecule has 6 heteroatoms. The first-order chi connectivity index (χ1) is 11.3. The molecule has 2 aromatic rings. The highest BCUT2D eigenvalue weighted by atomic mass is 32.1. The van der Waals surface area contributed by atoms with E-state index in [0.29, 0.717) is 24.6 Å². The minimum atomic E-state index is 0.236. The lowest BCUT2D eigenvalue weighted by atomic mass is 10.2. The van der Waals surface area contributed by atoms with Gasteiger partial charge in [0.05, 0.1) is 4.88 Å². The Morgan fingerprint density at radius 2 is 2.00 bits per heavy atom. The van der Waals surface area contributed by atoms with Crippen molar-refractivity contribution in [2.45, 2.75) is 38.5 Å². The molecule has 0 saturated heterocycles. The summed E-state index contributed by atoms with van der Waals surface area (Å²) in [4.78, 5) is 20.0. The highest BCUT2D eigenvalue weighted by molar-refractivity contribution is 7.13. The zero-order chi connectivity index (χ0) is 15.6. The zero-order valence-corrected chi connectivity index (χ0v) is 13.9. The van der Waals surface area contributed by atoms with Crippen molar-refractivity contribution in [2.24, 2.45) is 11.8 Å². The van der Waals surface area contributed by atoms with Gasteiger partial charge in [-0.15, -0.1) is 11.3 Å². The summed E-state index contributed by atoms with van der Waals surface area (Å²) >= 11 is 1.59. The molecule has 2 fully saturated rings. The first-order valence-electron chi connectivity index (χ1n) is 8.42. The minimum absolute atomic E-state index is 0.236. The van der Waals surface area contributed by atoms with E-state index in [1.54, 1.807) is 11.3 Å². The maximum absolute atomic E-state index is 12.5. The van der Waals surface area contributed by atoms with Gasteiger partial charge in [0.1, 0.15) is 0 Å². The van der Waals surface area contributed by atoms with E-state index in [-0.39, 0.29) is 5.91 Å².